The van der Waals surface area contributed by atoms with Gasteiger partial charge in [0.05, 0.1) is 9.77 Å². The normalized spacial score (nSPS) is 10.7. The maximum atomic E-state index is 4.24. The van der Waals surface area contributed by atoms with E-state index in [4.69, 9.17) is 0 Å². The Balaban J connectivity index is 1.99. The van der Waals surface area contributed by atoms with Crippen LogP contribution < -0.4 is 5.32 Å². The van der Waals surface area contributed by atoms with E-state index in [1.54, 1.807) is 0 Å². The molecule has 1 aromatic heterocycles. The van der Waals surface area contributed by atoms with Gasteiger partial charge in [-0.05, 0) is 54.9 Å². The number of nitrogens with zero attached hydrogens (tertiary/aromatic N) is 2. The van der Waals surface area contributed by atoms with Crippen LogP contribution in [0.5, 0.6) is 0 Å². The minimum Gasteiger partial charge on any atom is -0.317 e. The van der Waals surface area contributed by atoms with Gasteiger partial charge in [-0.15, -0.1) is 0 Å². The lowest BCUT2D eigenvalue weighted by Crippen LogP contribution is -2.16. The first kappa shape index (κ1) is 12.0. The summed E-state index contributed by atoms with van der Waals surface area (Å²) in [6, 6.07) is 0. The summed E-state index contributed by atoms with van der Waals surface area (Å²) in [6.45, 7) is 5.50. The van der Waals surface area contributed by atoms with Gasteiger partial charge in [-0.25, -0.2) is 0 Å². The molecule has 80 valence electrons. The molecule has 0 saturated carbocycles. The van der Waals surface area contributed by atoms with Crippen LogP contribution in [0.3, 0.4) is 0 Å². The summed E-state index contributed by atoms with van der Waals surface area (Å²) >= 11 is 2.28. The molecule has 0 aromatic carbocycles. The molecule has 0 saturated heterocycles. The Morgan fingerprint density at radius 3 is 2.93 bits per heavy atom. The highest BCUT2D eigenvalue weighted by Crippen LogP contribution is 2.02. The zero-order chi connectivity index (χ0) is 10.2. The smallest absolute Gasteiger partial charge is 0.0623 e. The standard InChI is InChI=1S/C10H18IN3/c1-2-5-12-6-3-4-7-14-9-10(11)8-13-14/h8-9,12H,2-7H2,1H3. The van der Waals surface area contributed by atoms with Crippen LogP contribution in [0, 0.1) is 3.57 Å². The molecule has 3 nitrogen and oxygen atoms in total. The molecule has 1 aromatic rings. The first-order chi connectivity index (χ1) is 6.83. The van der Waals surface area contributed by atoms with Crippen molar-refractivity contribution < 1.29 is 0 Å². The van der Waals surface area contributed by atoms with Gasteiger partial charge in [-0.3, -0.25) is 4.68 Å². The molecule has 1 rings (SSSR count). The first-order valence-corrected chi connectivity index (χ1v) is 6.29. The van der Waals surface area contributed by atoms with E-state index >= 15 is 0 Å². The molecule has 1 N–H and O–H groups in total. The molecular formula is C10H18IN3. The van der Waals surface area contributed by atoms with Gasteiger partial charge >= 0.3 is 0 Å². The molecule has 0 bridgehead atoms. The van der Waals surface area contributed by atoms with Gasteiger partial charge in [0, 0.05) is 12.7 Å². The third kappa shape index (κ3) is 4.95. The fourth-order valence-electron chi connectivity index (χ4n) is 1.29. The van der Waals surface area contributed by atoms with Crippen molar-refractivity contribution >= 4 is 22.6 Å². The Morgan fingerprint density at radius 1 is 1.43 bits per heavy atom. The van der Waals surface area contributed by atoms with Crippen molar-refractivity contribution in [3.05, 3.63) is 16.0 Å². The SMILES string of the molecule is CCCNCCCCn1cc(I)cn1. The van der Waals surface area contributed by atoms with Crippen LogP contribution >= 0.6 is 22.6 Å². The summed E-state index contributed by atoms with van der Waals surface area (Å²) in [5.41, 5.74) is 0. The molecule has 0 amide bonds. The molecule has 0 aliphatic carbocycles. The molecule has 0 aliphatic rings. The van der Waals surface area contributed by atoms with E-state index in [0.29, 0.717) is 0 Å². The van der Waals surface area contributed by atoms with Crippen molar-refractivity contribution in [2.45, 2.75) is 32.7 Å². The predicted molar refractivity (Wildman–Crippen MR) is 67.3 cm³/mol. The van der Waals surface area contributed by atoms with Crippen molar-refractivity contribution in [3.63, 3.8) is 0 Å². The number of hydrogen-bond acceptors (Lipinski definition) is 2. The molecule has 0 fully saturated rings. The quantitative estimate of drug-likeness (QED) is 0.619. The molecule has 4 heteroatoms. The minimum atomic E-state index is 1.04. The second-order valence-electron chi connectivity index (χ2n) is 3.38. The predicted octanol–water partition coefficient (Wildman–Crippen LogP) is 2.27. The molecule has 0 unspecified atom stereocenters. The highest BCUT2D eigenvalue weighted by Gasteiger charge is 1.94. The Kier molecular flexibility index (Phi) is 6.18. The minimum absolute atomic E-state index is 1.04. The van der Waals surface area contributed by atoms with E-state index < -0.39 is 0 Å². The lowest BCUT2D eigenvalue weighted by atomic mass is 10.3. The third-order valence-electron chi connectivity index (χ3n) is 2.02. The summed E-state index contributed by atoms with van der Waals surface area (Å²) in [4.78, 5) is 0. The van der Waals surface area contributed by atoms with Crippen molar-refractivity contribution in [1.29, 1.82) is 0 Å². The van der Waals surface area contributed by atoms with E-state index in [2.05, 4.69) is 46.1 Å². The maximum Gasteiger partial charge on any atom is 0.0623 e. The van der Waals surface area contributed by atoms with Crippen molar-refractivity contribution in [1.82, 2.24) is 15.1 Å². The Hall–Kier alpha value is -0.100. The van der Waals surface area contributed by atoms with E-state index in [1.807, 2.05) is 10.9 Å². The second kappa shape index (κ2) is 7.23. The average molecular weight is 307 g/mol. The van der Waals surface area contributed by atoms with Crippen LogP contribution in [-0.4, -0.2) is 22.9 Å². The van der Waals surface area contributed by atoms with Gasteiger partial charge in [0.1, 0.15) is 0 Å². The maximum absolute atomic E-state index is 4.24. The van der Waals surface area contributed by atoms with Crippen LogP contribution in [0.25, 0.3) is 0 Å². The van der Waals surface area contributed by atoms with Gasteiger partial charge in [0.15, 0.2) is 0 Å². The molecule has 0 spiro atoms. The summed E-state index contributed by atoms with van der Waals surface area (Å²) in [5, 5.41) is 7.63. The number of aromatic nitrogens is 2. The largest absolute Gasteiger partial charge is 0.317 e. The molecule has 1 heterocycles. The highest BCUT2D eigenvalue weighted by molar-refractivity contribution is 14.1. The molecule has 0 atom stereocenters. The summed E-state index contributed by atoms with van der Waals surface area (Å²) < 4.78 is 3.23. The van der Waals surface area contributed by atoms with Crippen LogP contribution in [0.15, 0.2) is 12.4 Å². The third-order valence-corrected chi connectivity index (χ3v) is 2.58. The number of unbranched alkanes of at least 4 members (excludes halogenated alkanes) is 1. The Morgan fingerprint density at radius 2 is 2.29 bits per heavy atom. The van der Waals surface area contributed by atoms with Crippen molar-refractivity contribution in [3.8, 4) is 0 Å². The van der Waals surface area contributed by atoms with E-state index in [-0.39, 0.29) is 0 Å². The van der Waals surface area contributed by atoms with Gasteiger partial charge in [0.25, 0.3) is 0 Å². The lowest BCUT2D eigenvalue weighted by Gasteiger charge is -2.03. The van der Waals surface area contributed by atoms with E-state index in [1.165, 1.54) is 22.8 Å². The fourth-order valence-corrected chi connectivity index (χ4v) is 1.73. The number of nitrogens with one attached hydrogen (secondary N) is 1. The van der Waals surface area contributed by atoms with Gasteiger partial charge in [-0.2, -0.15) is 5.10 Å². The van der Waals surface area contributed by atoms with Crippen molar-refractivity contribution in [2.24, 2.45) is 0 Å². The number of halogens is 1. The van der Waals surface area contributed by atoms with Gasteiger partial charge in [0.2, 0.25) is 0 Å². The Labute approximate surface area is 99.4 Å². The highest BCUT2D eigenvalue weighted by atomic mass is 127. The zero-order valence-electron chi connectivity index (χ0n) is 8.67. The van der Waals surface area contributed by atoms with Crippen LogP contribution in [0.2, 0.25) is 0 Å². The van der Waals surface area contributed by atoms with Crippen molar-refractivity contribution in [2.75, 3.05) is 13.1 Å². The summed E-state index contributed by atoms with van der Waals surface area (Å²) in [7, 11) is 0. The van der Waals surface area contributed by atoms with E-state index in [0.717, 1.165) is 19.6 Å². The first-order valence-electron chi connectivity index (χ1n) is 5.21. The van der Waals surface area contributed by atoms with Gasteiger partial charge in [-0.1, -0.05) is 6.92 Å². The molecule has 14 heavy (non-hydrogen) atoms. The average Bonchev–Trinajstić information content (AvgIpc) is 2.58. The molecule has 0 aliphatic heterocycles. The molecule has 0 radical (unpaired) electrons. The number of aryl methyl sites for hydroxylation is 1. The zero-order valence-corrected chi connectivity index (χ0v) is 10.8. The lowest BCUT2D eigenvalue weighted by molar-refractivity contribution is 0.534. The monoisotopic (exact) mass is 307 g/mol. The fraction of sp³-hybridized carbons (Fsp3) is 0.700. The molecular weight excluding hydrogens is 289 g/mol. The van der Waals surface area contributed by atoms with E-state index in [9.17, 15) is 0 Å². The van der Waals surface area contributed by atoms with Crippen LogP contribution in [-0.2, 0) is 6.54 Å². The van der Waals surface area contributed by atoms with Crippen LogP contribution in [0.1, 0.15) is 26.2 Å². The Bertz CT molecular complexity index is 247. The second-order valence-corrected chi connectivity index (χ2v) is 4.62. The summed E-state index contributed by atoms with van der Waals surface area (Å²) in [6.07, 6.45) is 7.64. The summed E-state index contributed by atoms with van der Waals surface area (Å²) in [5.74, 6) is 0. The van der Waals surface area contributed by atoms with Gasteiger partial charge < -0.3 is 5.32 Å². The number of rotatable bonds is 7. The van der Waals surface area contributed by atoms with Crippen LogP contribution in [0.4, 0.5) is 0 Å². The number of hydrogen-bond donors (Lipinski definition) is 1. The topological polar surface area (TPSA) is 29.9 Å².